The van der Waals surface area contributed by atoms with Crippen LogP contribution in [-0.4, -0.2) is 20.4 Å². The van der Waals surface area contributed by atoms with Crippen molar-refractivity contribution in [2.24, 2.45) is 5.41 Å². The summed E-state index contributed by atoms with van der Waals surface area (Å²) in [6.07, 6.45) is 6.63. The second-order valence-electron chi connectivity index (χ2n) is 7.20. The Kier molecular flexibility index (Phi) is 4.84. The van der Waals surface area contributed by atoms with Crippen LogP contribution in [-0.2, 0) is 0 Å². The minimum absolute atomic E-state index is 0.223. The highest BCUT2D eigenvalue weighted by molar-refractivity contribution is 5.94. The summed E-state index contributed by atoms with van der Waals surface area (Å²) in [6, 6.07) is 9.44. The van der Waals surface area contributed by atoms with Crippen LogP contribution in [0.2, 0.25) is 0 Å². The molecule has 1 atom stereocenters. The molecule has 0 aliphatic heterocycles. The summed E-state index contributed by atoms with van der Waals surface area (Å²) < 4.78 is 15.0. The summed E-state index contributed by atoms with van der Waals surface area (Å²) in [6.45, 7) is 6.09. The van der Waals surface area contributed by atoms with Gasteiger partial charge in [-0.3, -0.25) is 9.36 Å². The summed E-state index contributed by atoms with van der Waals surface area (Å²) in [4.78, 5) is 21.0. The predicted molar refractivity (Wildman–Crippen MR) is 97.4 cm³/mol. The lowest BCUT2D eigenvalue weighted by Gasteiger charge is -2.32. The molecule has 134 valence electrons. The van der Waals surface area contributed by atoms with Crippen LogP contribution in [0.5, 0.6) is 0 Å². The van der Waals surface area contributed by atoms with E-state index in [1.807, 2.05) is 20.8 Å². The molecule has 1 unspecified atom stereocenters. The molecule has 0 fully saturated rings. The molecule has 1 amide bonds. The first-order chi connectivity index (χ1) is 12.3. The van der Waals surface area contributed by atoms with Crippen molar-refractivity contribution in [1.82, 2.24) is 19.9 Å². The molecule has 2 heterocycles. The van der Waals surface area contributed by atoms with E-state index >= 15 is 0 Å². The summed E-state index contributed by atoms with van der Waals surface area (Å²) in [7, 11) is 0. The van der Waals surface area contributed by atoms with Gasteiger partial charge < -0.3 is 5.32 Å². The normalized spacial score (nSPS) is 12.6. The fourth-order valence-electron chi connectivity index (χ4n) is 2.74. The number of imidazole rings is 1. The van der Waals surface area contributed by atoms with Gasteiger partial charge in [0.15, 0.2) is 0 Å². The average Bonchev–Trinajstić information content (AvgIpc) is 3.14. The van der Waals surface area contributed by atoms with Gasteiger partial charge in [-0.25, -0.2) is 14.4 Å². The number of hydrogen-bond acceptors (Lipinski definition) is 3. The number of halogens is 1. The molecule has 0 saturated carbocycles. The van der Waals surface area contributed by atoms with Crippen LogP contribution >= 0.6 is 0 Å². The van der Waals surface area contributed by atoms with Gasteiger partial charge in [0, 0.05) is 18.6 Å². The molecule has 0 saturated heterocycles. The van der Waals surface area contributed by atoms with Crippen molar-refractivity contribution in [3.63, 3.8) is 0 Å². The van der Waals surface area contributed by atoms with Crippen molar-refractivity contribution in [3.8, 4) is 5.82 Å². The number of carbonyl (C=O) groups is 1. The second kappa shape index (κ2) is 7.07. The van der Waals surface area contributed by atoms with Gasteiger partial charge >= 0.3 is 0 Å². The summed E-state index contributed by atoms with van der Waals surface area (Å²) in [5.41, 5.74) is 1.08. The Morgan fingerprint density at radius 2 is 1.88 bits per heavy atom. The standard InChI is InChI=1S/C20H21FN4O/c1-20(2,3)18(14-4-7-16(21)8-5-14)24-19(26)15-6-9-17(23-12-15)25-11-10-22-13-25/h4-13,18H,1-3H3,(H,24,26). The van der Waals surface area contributed by atoms with Crippen LogP contribution in [0.4, 0.5) is 4.39 Å². The molecule has 0 bridgehead atoms. The quantitative estimate of drug-likeness (QED) is 0.774. The zero-order chi connectivity index (χ0) is 18.7. The highest BCUT2D eigenvalue weighted by atomic mass is 19.1. The lowest BCUT2D eigenvalue weighted by atomic mass is 9.82. The maximum absolute atomic E-state index is 13.2. The summed E-state index contributed by atoms with van der Waals surface area (Å²) in [5.74, 6) is 0.163. The Labute approximate surface area is 151 Å². The van der Waals surface area contributed by atoms with Gasteiger partial charge in [-0.15, -0.1) is 0 Å². The number of aromatic nitrogens is 3. The van der Waals surface area contributed by atoms with E-state index in [9.17, 15) is 9.18 Å². The van der Waals surface area contributed by atoms with Crippen LogP contribution < -0.4 is 5.32 Å². The first kappa shape index (κ1) is 17.8. The third-order valence-electron chi connectivity index (χ3n) is 4.12. The summed E-state index contributed by atoms with van der Waals surface area (Å²) >= 11 is 0. The molecule has 1 aromatic carbocycles. The highest BCUT2D eigenvalue weighted by Crippen LogP contribution is 2.33. The number of hydrogen-bond donors (Lipinski definition) is 1. The van der Waals surface area contributed by atoms with Crippen LogP contribution in [0.3, 0.4) is 0 Å². The van der Waals surface area contributed by atoms with Crippen LogP contribution in [0, 0.1) is 11.2 Å². The van der Waals surface area contributed by atoms with E-state index in [0.29, 0.717) is 11.4 Å². The molecule has 0 aliphatic rings. The molecule has 3 aromatic rings. The molecule has 6 heteroatoms. The van der Waals surface area contributed by atoms with Crippen LogP contribution in [0.1, 0.15) is 42.7 Å². The van der Waals surface area contributed by atoms with E-state index in [-0.39, 0.29) is 23.2 Å². The monoisotopic (exact) mass is 352 g/mol. The van der Waals surface area contributed by atoms with Crippen LogP contribution in [0.25, 0.3) is 5.82 Å². The smallest absolute Gasteiger partial charge is 0.253 e. The molecule has 3 rings (SSSR count). The third kappa shape index (κ3) is 3.96. The van der Waals surface area contributed by atoms with Crippen molar-refractivity contribution in [2.75, 3.05) is 0 Å². The number of nitrogens with one attached hydrogen (secondary N) is 1. The van der Waals surface area contributed by atoms with Crippen molar-refractivity contribution in [3.05, 3.63) is 78.3 Å². The molecule has 26 heavy (non-hydrogen) atoms. The fourth-order valence-corrected chi connectivity index (χ4v) is 2.74. The molecular weight excluding hydrogens is 331 g/mol. The van der Waals surface area contributed by atoms with Gasteiger partial charge in [-0.05, 0) is 35.2 Å². The predicted octanol–water partition coefficient (Wildman–Crippen LogP) is 3.92. The molecular formula is C20H21FN4O. The zero-order valence-corrected chi connectivity index (χ0v) is 15.0. The Hall–Kier alpha value is -3.02. The van der Waals surface area contributed by atoms with Gasteiger partial charge in [0.25, 0.3) is 5.91 Å². The minimum atomic E-state index is -0.299. The Morgan fingerprint density at radius 3 is 2.42 bits per heavy atom. The van der Waals surface area contributed by atoms with E-state index in [1.54, 1.807) is 47.6 Å². The number of benzene rings is 1. The first-order valence-electron chi connectivity index (χ1n) is 8.35. The molecule has 0 radical (unpaired) electrons. The number of rotatable bonds is 4. The van der Waals surface area contributed by atoms with E-state index < -0.39 is 0 Å². The maximum Gasteiger partial charge on any atom is 0.253 e. The van der Waals surface area contributed by atoms with Gasteiger partial charge in [0.1, 0.15) is 18.0 Å². The maximum atomic E-state index is 13.2. The van der Waals surface area contributed by atoms with E-state index in [0.717, 1.165) is 5.56 Å². The van der Waals surface area contributed by atoms with Crippen molar-refractivity contribution < 1.29 is 9.18 Å². The van der Waals surface area contributed by atoms with E-state index in [4.69, 9.17) is 0 Å². The lowest BCUT2D eigenvalue weighted by Crippen LogP contribution is -2.36. The van der Waals surface area contributed by atoms with Gasteiger partial charge in [0.05, 0.1) is 11.6 Å². The topological polar surface area (TPSA) is 59.8 Å². The van der Waals surface area contributed by atoms with Gasteiger partial charge in [-0.1, -0.05) is 32.9 Å². The molecule has 0 spiro atoms. The Balaban J connectivity index is 1.80. The lowest BCUT2D eigenvalue weighted by molar-refractivity contribution is 0.0901. The number of carbonyl (C=O) groups excluding carboxylic acids is 1. The van der Waals surface area contributed by atoms with E-state index in [1.165, 1.54) is 18.3 Å². The van der Waals surface area contributed by atoms with E-state index in [2.05, 4.69) is 15.3 Å². The largest absolute Gasteiger partial charge is 0.345 e. The second-order valence-corrected chi connectivity index (χ2v) is 7.20. The molecule has 5 nitrogen and oxygen atoms in total. The molecule has 1 N–H and O–H groups in total. The Bertz CT molecular complexity index is 866. The van der Waals surface area contributed by atoms with Gasteiger partial charge in [-0.2, -0.15) is 0 Å². The average molecular weight is 352 g/mol. The van der Waals surface area contributed by atoms with Crippen molar-refractivity contribution in [1.29, 1.82) is 0 Å². The number of nitrogens with zero attached hydrogens (tertiary/aromatic N) is 3. The fraction of sp³-hybridized carbons (Fsp3) is 0.250. The minimum Gasteiger partial charge on any atom is -0.345 e. The van der Waals surface area contributed by atoms with Gasteiger partial charge in [0.2, 0.25) is 0 Å². The zero-order valence-electron chi connectivity index (χ0n) is 15.0. The SMILES string of the molecule is CC(C)(C)C(NC(=O)c1ccc(-n2ccnc2)nc1)c1ccc(F)cc1. The third-order valence-corrected chi connectivity index (χ3v) is 4.12. The first-order valence-corrected chi connectivity index (χ1v) is 8.35. The van der Waals surface area contributed by atoms with Crippen LogP contribution in [0.15, 0.2) is 61.3 Å². The highest BCUT2D eigenvalue weighted by Gasteiger charge is 2.28. The Morgan fingerprint density at radius 1 is 1.15 bits per heavy atom. The van der Waals surface area contributed by atoms with Crippen molar-refractivity contribution >= 4 is 5.91 Å². The number of amides is 1. The summed E-state index contributed by atoms with van der Waals surface area (Å²) in [5, 5.41) is 3.04. The molecule has 0 aliphatic carbocycles. The van der Waals surface area contributed by atoms with Crippen molar-refractivity contribution in [2.45, 2.75) is 26.8 Å². The molecule has 2 aromatic heterocycles. The number of pyridine rings is 1.